The van der Waals surface area contributed by atoms with Crippen LogP contribution in [0.3, 0.4) is 0 Å². The number of nitro benzene ring substituents is 1. The maximum atomic E-state index is 11.5. The zero-order chi connectivity index (χ0) is 17.7. The molecule has 0 unspecified atom stereocenters. The summed E-state index contributed by atoms with van der Waals surface area (Å²) in [5.74, 6) is -0.936. The van der Waals surface area contributed by atoms with E-state index < -0.39 is 10.9 Å². The van der Waals surface area contributed by atoms with Gasteiger partial charge in [-0.2, -0.15) is 5.10 Å². The van der Waals surface area contributed by atoms with Crippen LogP contribution in [0.5, 0.6) is 5.75 Å². The molecule has 1 aromatic heterocycles. The Morgan fingerprint density at radius 2 is 2.33 bits per heavy atom. The molecule has 11 nitrogen and oxygen atoms in total. The summed E-state index contributed by atoms with van der Waals surface area (Å²) in [5, 5.41) is 31.9. The molecular weight excluding hydrogens is 408 g/mol. The minimum atomic E-state index is -0.687. The Morgan fingerprint density at radius 3 is 2.96 bits per heavy atom. The van der Waals surface area contributed by atoms with Crippen LogP contribution >= 0.6 is 27.3 Å². The van der Waals surface area contributed by atoms with Crippen LogP contribution in [0.4, 0.5) is 10.8 Å². The number of nitrogens with zero attached hydrogens (tertiary/aromatic N) is 4. The quantitative estimate of drug-likeness (QED) is 0.355. The Morgan fingerprint density at radius 1 is 1.58 bits per heavy atom. The number of halogens is 1. The Hall–Kier alpha value is -2.80. The number of rotatable bonds is 6. The van der Waals surface area contributed by atoms with Crippen molar-refractivity contribution in [2.75, 3.05) is 5.73 Å². The number of non-ortho nitro benzene ring substituents is 1. The highest BCUT2D eigenvalue weighted by atomic mass is 79.9. The van der Waals surface area contributed by atoms with Gasteiger partial charge in [-0.15, -0.1) is 15.8 Å². The number of hydrogen-bond donors (Lipinski definition) is 3. The minimum absolute atomic E-state index is 0.0523. The number of aromatic nitrogens is 2. The van der Waals surface area contributed by atoms with Crippen molar-refractivity contribution in [2.45, 2.75) is 6.42 Å². The Kier molecular flexibility index (Phi) is 5.59. The van der Waals surface area contributed by atoms with Gasteiger partial charge in [0.2, 0.25) is 5.13 Å². The lowest BCUT2D eigenvalue weighted by Crippen LogP contribution is -2.16. The summed E-state index contributed by atoms with van der Waals surface area (Å²) < 4.78 is 0.129. The zero-order valence-corrected chi connectivity index (χ0v) is 14.1. The second-order valence-corrected chi connectivity index (χ2v) is 6.10. The van der Waals surface area contributed by atoms with Gasteiger partial charge in [0.1, 0.15) is 17.2 Å². The van der Waals surface area contributed by atoms with Crippen molar-refractivity contribution in [1.82, 2.24) is 15.8 Å². The molecule has 0 spiro atoms. The summed E-state index contributed by atoms with van der Waals surface area (Å²) in [7, 11) is 0. The lowest BCUT2D eigenvalue weighted by molar-refractivity contribution is -0.385. The highest BCUT2D eigenvalue weighted by Gasteiger charge is 2.14. The van der Waals surface area contributed by atoms with Crippen LogP contribution in [-0.2, 0) is 16.1 Å². The summed E-state index contributed by atoms with van der Waals surface area (Å²) in [4.78, 5) is 26.2. The second-order valence-electron chi connectivity index (χ2n) is 4.16. The van der Waals surface area contributed by atoms with Crippen molar-refractivity contribution < 1.29 is 19.7 Å². The highest BCUT2D eigenvalue weighted by molar-refractivity contribution is 9.10. The molecular formula is C11H9BrN6O5S. The summed E-state index contributed by atoms with van der Waals surface area (Å²) in [6, 6.07) is 2.25. The first-order chi connectivity index (χ1) is 11.4. The normalized spacial score (nSPS) is 10.7. The molecule has 0 fully saturated rings. The molecule has 13 heteroatoms. The third-order valence-corrected chi connectivity index (χ3v) is 3.84. The molecule has 4 N–H and O–H groups in total. The average molecular weight is 417 g/mol. The van der Waals surface area contributed by atoms with Gasteiger partial charge < -0.3 is 15.7 Å². The largest absolute Gasteiger partial charge is 0.506 e. The van der Waals surface area contributed by atoms with Crippen molar-refractivity contribution in [1.29, 1.82) is 0 Å². The van der Waals surface area contributed by atoms with Gasteiger partial charge >= 0.3 is 5.97 Å². The fraction of sp³-hybridized carbons (Fsp3) is 0.0909. The van der Waals surface area contributed by atoms with Crippen molar-refractivity contribution in [3.63, 3.8) is 0 Å². The Bertz CT molecular complexity index is 810. The minimum Gasteiger partial charge on any atom is -0.506 e. The standard InChI is InChI=1S/C11H9BrN6O5S/c12-7-2-6(18(21)22)1-5(10(7)20)4-14-17-23-9(19)3-8-15-16-11(13)24-8/h1-2,4,17,20H,3H2,(H2,13,16). The fourth-order valence-corrected chi connectivity index (χ4v) is 2.54. The highest BCUT2D eigenvalue weighted by Crippen LogP contribution is 2.31. The molecule has 0 aliphatic heterocycles. The smallest absolute Gasteiger partial charge is 0.341 e. The molecule has 0 atom stereocenters. The van der Waals surface area contributed by atoms with Crippen molar-refractivity contribution >= 4 is 50.3 Å². The summed E-state index contributed by atoms with van der Waals surface area (Å²) >= 11 is 4.04. The lowest BCUT2D eigenvalue weighted by atomic mass is 10.2. The third-order valence-electron chi connectivity index (χ3n) is 2.48. The molecule has 0 saturated carbocycles. The van der Waals surface area contributed by atoms with E-state index in [-0.39, 0.29) is 33.0 Å². The van der Waals surface area contributed by atoms with Crippen molar-refractivity contribution in [3.8, 4) is 5.75 Å². The van der Waals surface area contributed by atoms with E-state index >= 15 is 0 Å². The third kappa shape index (κ3) is 4.60. The van der Waals surface area contributed by atoms with Gasteiger partial charge in [0.15, 0.2) is 0 Å². The maximum absolute atomic E-state index is 11.5. The molecule has 1 heterocycles. The van der Waals surface area contributed by atoms with E-state index in [0.717, 1.165) is 29.7 Å². The topological polar surface area (TPSA) is 166 Å². The molecule has 0 aliphatic carbocycles. The van der Waals surface area contributed by atoms with Gasteiger partial charge in [0.05, 0.1) is 15.6 Å². The number of aromatic hydroxyl groups is 1. The first-order valence-electron chi connectivity index (χ1n) is 6.09. The molecule has 2 aromatic rings. The van der Waals surface area contributed by atoms with Gasteiger partial charge in [-0.1, -0.05) is 11.3 Å². The van der Waals surface area contributed by atoms with Gasteiger partial charge in [0.25, 0.3) is 5.69 Å². The summed E-state index contributed by atoms with van der Waals surface area (Å²) in [5.41, 5.74) is 7.19. The fourth-order valence-electron chi connectivity index (χ4n) is 1.48. The average Bonchev–Trinajstić information content (AvgIpc) is 2.92. The van der Waals surface area contributed by atoms with Crippen LogP contribution < -0.4 is 11.3 Å². The van der Waals surface area contributed by atoms with Crippen LogP contribution in [0, 0.1) is 10.1 Å². The molecule has 1 aromatic carbocycles. The lowest BCUT2D eigenvalue weighted by Gasteiger charge is -2.03. The van der Waals surface area contributed by atoms with Crippen molar-refractivity contribution in [3.05, 3.63) is 37.3 Å². The number of phenols is 1. The predicted octanol–water partition coefficient (Wildman–Crippen LogP) is 1.12. The monoisotopic (exact) mass is 416 g/mol. The molecule has 2 rings (SSSR count). The van der Waals surface area contributed by atoms with Crippen molar-refractivity contribution in [2.24, 2.45) is 5.10 Å². The van der Waals surface area contributed by atoms with E-state index in [9.17, 15) is 20.0 Å². The summed E-state index contributed by atoms with van der Waals surface area (Å²) in [6.45, 7) is 0. The van der Waals surface area contributed by atoms with Crippen LogP contribution in [0.1, 0.15) is 10.6 Å². The van der Waals surface area contributed by atoms with Gasteiger partial charge in [-0.05, 0) is 15.9 Å². The van der Waals surface area contributed by atoms with E-state index in [4.69, 9.17) is 5.73 Å². The number of carbonyl (C=O) groups excluding carboxylic acids is 1. The van der Waals surface area contributed by atoms with E-state index in [2.05, 4.69) is 36.1 Å². The number of carbonyl (C=O) groups is 1. The second kappa shape index (κ2) is 7.65. The van der Waals surface area contributed by atoms with Crippen LogP contribution in [0.25, 0.3) is 0 Å². The van der Waals surface area contributed by atoms with E-state index in [1.807, 2.05) is 5.59 Å². The number of nitro groups is 1. The first-order valence-corrected chi connectivity index (χ1v) is 7.70. The molecule has 24 heavy (non-hydrogen) atoms. The number of nitrogen functional groups attached to an aromatic ring is 1. The zero-order valence-electron chi connectivity index (χ0n) is 11.7. The molecule has 0 aliphatic rings. The number of hydrazone groups is 1. The van der Waals surface area contributed by atoms with E-state index in [0.29, 0.717) is 5.01 Å². The molecule has 126 valence electrons. The molecule has 0 amide bonds. The number of nitrogens with two attached hydrogens (primary N) is 1. The molecule has 0 radical (unpaired) electrons. The first kappa shape index (κ1) is 17.6. The van der Waals surface area contributed by atoms with E-state index in [1.54, 1.807) is 0 Å². The van der Waals surface area contributed by atoms with E-state index in [1.165, 1.54) is 0 Å². The number of anilines is 1. The number of phenolic OH excluding ortho intramolecular Hbond substituents is 1. The van der Waals surface area contributed by atoms with Crippen LogP contribution in [0.2, 0.25) is 0 Å². The Labute approximate surface area is 146 Å². The number of benzene rings is 1. The van der Waals surface area contributed by atoms with Crippen LogP contribution in [0.15, 0.2) is 21.7 Å². The van der Waals surface area contributed by atoms with Crippen LogP contribution in [-0.4, -0.2) is 32.4 Å². The summed E-state index contributed by atoms with van der Waals surface area (Å²) in [6.07, 6.45) is 0.911. The number of nitrogens with one attached hydrogen (secondary N) is 1. The molecule has 0 saturated heterocycles. The maximum Gasteiger partial charge on any atom is 0.341 e. The van der Waals surface area contributed by atoms with Gasteiger partial charge in [-0.3, -0.25) is 10.1 Å². The Balaban J connectivity index is 1.94. The van der Waals surface area contributed by atoms with Gasteiger partial charge in [-0.25, -0.2) is 4.79 Å². The predicted molar refractivity (Wildman–Crippen MR) is 87.3 cm³/mol. The number of hydrogen-bond acceptors (Lipinski definition) is 11. The molecule has 0 bridgehead atoms. The SMILES string of the molecule is Nc1nnc(CC(=O)ONN=Cc2cc([N+](=O)[O-])cc(Br)c2O)s1. The van der Waals surface area contributed by atoms with Gasteiger partial charge in [0, 0.05) is 17.7 Å².